The molecule has 8 nitrogen and oxygen atoms in total. The molecule has 2 N–H and O–H groups in total. The third-order valence-corrected chi connectivity index (χ3v) is 6.06. The number of hydrogen-bond donors (Lipinski definition) is 2. The zero-order valence-corrected chi connectivity index (χ0v) is 17.8. The van der Waals surface area contributed by atoms with Gasteiger partial charge in [-0.15, -0.1) is 0 Å². The maximum Gasteiger partial charge on any atom is 0.269 e. The lowest BCUT2D eigenvalue weighted by Gasteiger charge is -2.18. The molecule has 2 heterocycles. The van der Waals surface area contributed by atoms with Crippen molar-refractivity contribution in [2.24, 2.45) is 11.8 Å². The lowest BCUT2D eigenvalue weighted by molar-refractivity contribution is -0.128. The number of ether oxygens (including phenoxy) is 1. The van der Waals surface area contributed by atoms with Gasteiger partial charge in [-0.3, -0.25) is 14.4 Å². The number of fused-ring (bicyclic) bond motifs is 1. The van der Waals surface area contributed by atoms with Gasteiger partial charge in [0.15, 0.2) is 0 Å². The van der Waals surface area contributed by atoms with Crippen LogP contribution in [0.25, 0.3) is 0 Å². The lowest BCUT2D eigenvalue weighted by Crippen LogP contribution is -2.36. The fraction of sp³-hybridized carbons (Fsp3) is 0.391. The second-order valence-corrected chi connectivity index (χ2v) is 8.09. The molecule has 1 aliphatic carbocycles. The number of benzene rings is 1. The Labute approximate surface area is 181 Å². The van der Waals surface area contributed by atoms with Gasteiger partial charge in [0.25, 0.3) is 11.8 Å². The summed E-state index contributed by atoms with van der Waals surface area (Å²) < 4.78 is 5.27. The first kappa shape index (κ1) is 20.8. The normalized spacial score (nSPS) is 21.3. The van der Waals surface area contributed by atoms with Crippen LogP contribution in [0.1, 0.15) is 39.0 Å². The van der Waals surface area contributed by atoms with E-state index in [4.69, 9.17) is 4.74 Å². The monoisotopic (exact) mass is 422 g/mol. The third-order valence-electron chi connectivity index (χ3n) is 6.06. The average Bonchev–Trinajstić information content (AvgIpc) is 3.19. The molecule has 1 aromatic heterocycles. The van der Waals surface area contributed by atoms with Crippen molar-refractivity contribution in [3.8, 4) is 5.75 Å². The van der Waals surface area contributed by atoms with E-state index in [2.05, 4.69) is 15.6 Å². The molecule has 1 saturated carbocycles. The number of pyridine rings is 1. The minimum atomic E-state index is -0.345. The van der Waals surface area contributed by atoms with Gasteiger partial charge in [0.05, 0.1) is 7.11 Å². The van der Waals surface area contributed by atoms with E-state index in [1.54, 1.807) is 20.1 Å². The van der Waals surface area contributed by atoms with E-state index in [9.17, 15) is 14.4 Å². The molecule has 0 unspecified atom stereocenters. The molecule has 2 aromatic rings. The zero-order chi connectivity index (χ0) is 22.1. The number of piperidine rings is 1. The Morgan fingerprint density at radius 1 is 1.13 bits per heavy atom. The second kappa shape index (κ2) is 8.37. The maximum absolute atomic E-state index is 12.9. The number of methoxy groups -OCH3 is 1. The van der Waals surface area contributed by atoms with Crippen molar-refractivity contribution in [2.45, 2.75) is 19.4 Å². The molecule has 3 amide bonds. The van der Waals surface area contributed by atoms with Crippen molar-refractivity contribution in [1.29, 1.82) is 0 Å². The van der Waals surface area contributed by atoms with E-state index < -0.39 is 0 Å². The molecular weight excluding hydrogens is 396 g/mol. The van der Waals surface area contributed by atoms with E-state index in [0.29, 0.717) is 42.6 Å². The molecule has 1 saturated heterocycles. The Balaban J connectivity index is 1.51. The van der Waals surface area contributed by atoms with Crippen LogP contribution >= 0.6 is 0 Å². The van der Waals surface area contributed by atoms with Gasteiger partial charge in [0.2, 0.25) is 5.91 Å². The standard InChI is InChI=1S/C23H26N4O4/c1-13(28)27-11-18-19(12-27)21(18)26-22(29)15-9-16(25-20(10-15)23(30)24-2)7-14-5-4-6-17(8-14)31-3/h4-6,8-10,18-19,21H,7,11-12H2,1-3H3,(H,24,30)(H,26,29)/t18-,19+,21+. The lowest BCUT2D eigenvalue weighted by atomic mass is 10.1. The van der Waals surface area contributed by atoms with Crippen molar-refractivity contribution >= 4 is 17.7 Å². The minimum Gasteiger partial charge on any atom is -0.497 e. The fourth-order valence-electron chi connectivity index (χ4n) is 4.28. The molecule has 4 rings (SSSR count). The Kier molecular flexibility index (Phi) is 5.63. The third kappa shape index (κ3) is 4.38. The van der Waals surface area contributed by atoms with E-state index in [-0.39, 0.29) is 29.5 Å². The molecule has 2 fully saturated rings. The summed E-state index contributed by atoms with van der Waals surface area (Å²) in [6.07, 6.45) is 0.463. The Bertz CT molecular complexity index is 1030. The summed E-state index contributed by atoms with van der Waals surface area (Å²) >= 11 is 0. The summed E-state index contributed by atoms with van der Waals surface area (Å²) in [6, 6.07) is 10.9. The first-order valence-corrected chi connectivity index (χ1v) is 10.3. The van der Waals surface area contributed by atoms with Crippen LogP contribution in [0.4, 0.5) is 0 Å². The molecule has 0 spiro atoms. The first-order valence-electron chi connectivity index (χ1n) is 10.3. The highest BCUT2D eigenvalue weighted by Gasteiger charge is 2.57. The summed E-state index contributed by atoms with van der Waals surface area (Å²) in [5, 5.41) is 5.64. The van der Waals surface area contributed by atoms with Crippen molar-refractivity contribution in [3.63, 3.8) is 0 Å². The molecule has 8 heteroatoms. The molecule has 0 radical (unpaired) electrons. The second-order valence-electron chi connectivity index (χ2n) is 8.09. The molecule has 3 atom stereocenters. The van der Waals surface area contributed by atoms with Gasteiger partial charge >= 0.3 is 0 Å². The van der Waals surface area contributed by atoms with E-state index >= 15 is 0 Å². The average molecular weight is 422 g/mol. The number of likely N-dealkylation sites (tertiary alicyclic amines) is 1. The Morgan fingerprint density at radius 2 is 1.87 bits per heavy atom. The van der Waals surface area contributed by atoms with Crippen LogP contribution in [-0.4, -0.2) is 60.9 Å². The highest BCUT2D eigenvalue weighted by molar-refractivity contribution is 5.99. The molecule has 1 aromatic carbocycles. The van der Waals surface area contributed by atoms with Gasteiger partial charge in [-0.1, -0.05) is 12.1 Å². The summed E-state index contributed by atoms with van der Waals surface area (Å²) in [6.45, 7) is 2.94. The smallest absolute Gasteiger partial charge is 0.269 e. The van der Waals surface area contributed by atoms with Gasteiger partial charge in [0.1, 0.15) is 11.4 Å². The van der Waals surface area contributed by atoms with E-state index in [1.165, 1.54) is 13.1 Å². The molecular formula is C23H26N4O4. The van der Waals surface area contributed by atoms with Crippen molar-refractivity contribution < 1.29 is 19.1 Å². The highest BCUT2D eigenvalue weighted by Crippen LogP contribution is 2.45. The van der Waals surface area contributed by atoms with Crippen LogP contribution in [0.15, 0.2) is 36.4 Å². The number of carbonyl (C=O) groups is 3. The van der Waals surface area contributed by atoms with Crippen LogP contribution in [0.3, 0.4) is 0 Å². The van der Waals surface area contributed by atoms with Crippen molar-refractivity contribution in [1.82, 2.24) is 20.5 Å². The SMILES string of the molecule is CNC(=O)c1cc(C(=O)N[C@H]2[C@@H]3CN(C(C)=O)C[C@@H]32)cc(Cc2cccc(OC)c2)n1. The highest BCUT2D eigenvalue weighted by atomic mass is 16.5. The predicted octanol–water partition coefficient (Wildman–Crippen LogP) is 1.25. The number of hydrogen-bond acceptors (Lipinski definition) is 5. The maximum atomic E-state index is 12.9. The van der Waals surface area contributed by atoms with Crippen LogP contribution < -0.4 is 15.4 Å². The quantitative estimate of drug-likeness (QED) is 0.730. The Hall–Kier alpha value is -3.42. The summed E-state index contributed by atoms with van der Waals surface area (Å²) in [4.78, 5) is 42.9. The Morgan fingerprint density at radius 3 is 2.52 bits per heavy atom. The number of nitrogens with zero attached hydrogens (tertiary/aromatic N) is 2. The van der Waals surface area contributed by atoms with Crippen LogP contribution in [0, 0.1) is 11.8 Å². The van der Waals surface area contributed by atoms with E-state index in [0.717, 1.165) is 11.3 Å². The topological polar surface area (TPSA) is 101 Å². The molecule has 31 heavy (non-hydrogen) atoms. The largest absolute Gasteiger partial charge is 0.497 e. The fourth-order valence-corrected chi connectivity index (χ4v) is 4.28. The number of amides is 3. The van der Waals surface area contributed by atoms with Gasteiger partial charge in [-0.25, -0.2) is 4.98 Å². The van der Waals surface area contributed by atoms with Gasteiger partial charge < -0.3 is 20.3 Å². The number of aromatic nitrogens is 1. The van der Waals surface area contributed by atoms with Gasteiger partial charge in [0, 0.05) is 62.6 Å². The molecule has 2 aliphatic rings. The van der Waals surface area contributed by atoms with E-state index in [1.807, 2.05) is 29.2 Å². The molecule has 0 bridgehead atoms. The van der Waals surface area contributed by atoms with Crippen LogP contribution in [0.2, 0.25) is 0 Å². The first-order chi connectivity index (χ1) is 14.9. The van der Waals surface area contributed by atoms with Gasteiger partial charge in [-0.05, 0) is 29.8 Å². The van der Waals surface area contributed by atoms with Crippen LogP contribution in [-0.2, 0) is 11.2 Å². The number of rotatable bonds is 6. The van der Waals surface area contributed by atoms with Crippen LogP contribution in [0.5, 0.6) is 5.75 Å². The summed E-state index contributed by atoms with van der Waals surface area (Å²) in [5.74, 6) is 0.852. The summed E-state index contributed by atoms with van der Waals surface area (Å²) in [7, 11) is 3.14. The van der Waals surface area contributed by atoms with Gasteiger partial charge in [-0.2, -0.15) is 0 Å². The number of carbonyl (C=O) groups excluding carboxylic acids is 3. The predicted molar refractivity (Wildman–Crippen MR) is 114 cm³/mol. The van der Waals surface area contributed by atoms with Crippen molar-refractivity contribution in [2.75, 3.05) is 27.2 Å². The zero-order valence-electron chi connectivity index (χ0n) is 17.8. The molecule has 1 aliphatic heterocycles. The molecule has 162 valence electrons. The minimum absolute atomic E-state index is 0.0709. The summed E-state index contributed by atoms with van der Waals surface area (Å²) in [5.41, 5.74) is 2.19. The number of nitrogens with one attached hydrogen (secondary N) is 2. The van der Waals surface area contributed by atoms with Crippen molar-refractivity contribution in [3.05, 3.63) is 58.9 Å².